The summed E-state index contributed by atoms with van der Waals surface area (Å²) in [7, 11) is 0. The molecule has 3 aromatic rings. The van der Waals surface area contributed by atoms with Crippen molar-refractivity contribution in [1.29, 1.82) is 0 Å². The van der Waals surface area contributed by atoms with Crippen LogP contribution in [0.4, 0.5) is 11.4 Å². The molecule has 4 nitrogen and oxygen atoms in total. The van der Waals surface area contributed by atoms with Crippen LogP contribution in [0.1, 0.15) is 5.56 Å². The number of hydrogen-bond donors (Lipinski definition) is 0. The zero-order valence-corrected chi connectivity index (χ0v) is 14.6. The highest BCUT2D eigenvalue weighted by Crippen LogP contribution is 2.37. The van der Waals surface area contributed by atoms with Crippen molar-refractivity contribution in [2.24, 2.45) is 4.99 Å². The maximum absolute atomic E-state index is 13.1. The summed E-state index contributed by atoms with van der Waals surface area (Å²) >= 11 is 1.38. The van der Waals surface area contributed by atoms with Crippen LogP contribution < -0.4 is 4.90 Å². The van der Waals surface area contributed by atoms with Crippen LogP contribution in [0, 0.1) is 0 Å². The van der Waals surface area contributed by atoms with Crippen molar-refractivity contribution in [1.82, 2.24) is 4.98 Å². The smallest absolute Gasteiger partial charge is 0.268 e. The Morgan fingerprint density at radius 3 is 2.23 bits per heavy atom. The first-order chi connectivity index (χ1) is 12.8. The second-order valence-corrected chi connectivity index (χ2v) is 6.61. The maximum atomic E-state index is 13.1. The number of para-hydroxylation sites is 2. The highest BCUT2D eigenvalue weighted by Gasteiger charge is 2.34. The van der Waals surface area contributed by atoms with E-state index in [1.54, 1.807) is 17.3 Å². The molecule has 0 N–H and O–H groups in total. The average molecular weight is 357 g/mol. The molecule has 5 heteroatoms. The van der Waals surface area contributed by atoms with Gasteiger partial charge in [0.05, 0.1) is 16.3 Å². The second kappa shape index (κ2) is 7.37. The van der Waals surface area contributed by atoms with Crippen molar-refractivity contribution in [3.05, 3.63) is 95.7 Å². The van der Waals surface area contributed by atoms with Gasteiger partial charge < -0.3 is 0 Å². The van der Waals surface area contributed by atoms with Crippen LogP contribution in [0.15, 0.2) is 95.1 Å². The van der Waals surface area contributed by atoms with Gasteiger partial charge in [0.1, 0.15) is 0 Å². The lowest BCUT2D eigenvalue weighted by Crippen LogP contribution is -2.28. The van der Waals surface area contributed by atoms with Crippen LogP contribution in [0.5, 0.6) is 0 Å². The van der Waals surface area contributed by atoms with Crippen LogP contribution in [-0.4, -0.2) is 16.1 Å². The van der Waals surface area contributed by atoms with E-state index >= 15 is 0 Å². The molecule has 4 rings (SSSR count). The topological polar surface area (TPSA) is 45.6 Å². The third-order valence-electron chi connectivity index (χ3n) is 3.81. The zero-order chi connectivity index (χ0) is 17.8. The first-order valence-electron chi connectivity index (χ1n) is 8.14. The highest BCUT2D eigenvalue weighted by molar-refractivity contribution is 8.19. The van der Waals surface area contributed by atoms with E-state index < -0.39 is 0 Å². The number of amidine groups is 1. The van der Waals surface area contributed by atoms with Crippen LogP contribution in [0.25, 0.3) is 6.08 Å². The number of carbonyl (C=O) groups excluding carboxylic acids is 1. The number of carbonyl (C=O) groups is 1. The molecule has 1 fully saturated rings. The van der Waals surface area contributed by atoms with E-state index in [0.29, 0.717) is 10.1 Å². The van der Waals surface area contributed by atoms with Gasteiger partial charge in [0.2, 0.25) is 0 Å². The largest absolute Gasteiger partial charge is 0.271 e. The average Bonchev–Trinajstić information content (AvgIpc) is 2.99. The van der Waals surface area contributed by atoms with Crippen molar-refractivity contribution in [2.75, 3.05) is 4.90 Å². The normalized spacial score (nSPS) is 17.2. The molecule has 0 saturated carbocycles. The van der Waals surface area contributed by atoms with E-state index in [0.717, 1.165) is 16.9 Å². The molecule has 0 aliphatic carbocycles. The summed E-state index contributed by atoms with van der Waals surface area (Å²) in [5.41, 5.74) is 2.55. The maximum Gasteiger partial charge on any atom is 0.271 e. The molecule has 126 valence electrons. The van der Waals surface area contributed by atoms with Crippen LogP contribution in [0.3, 0.4) is 0 Å². The molecular formula is C21H15N3OS. The number of nitrogens with zero attached hydrogens (tertiary/aromatic N) is 3. The van der Waals surface area contributed by atoms with Crippen molar-refractivity contribution in [3.63, 3.8) is 0 Å². The summed E-state index contributed by atoms with van der Waals surface area (Å²) in [4.78, 5) is 24.0. The summed E-state index contributed by atoms with van der Waals surface area (Å²) in [5.74, 6) is -0.0762. The Morgan fingerprint density at radius 2 is 1.54 bits per heavy atom. The number of aromatic nitrogens is 1. The number of amides is 1. The van der Waals surface area contributed by atoms with Gasteiger partial charge in [0, 0.05) is 12.4 Å². The van der Waals surface area contributed by atoms with Crippen molar-refractivity contribution >= 4 is 40.3 Å². The Bertz CT molecular complexity index is 970. The van der Waals surface area contributed by atoms with Gasteiger partial charge in [0.15, 0.2) is 5.17 Å². The minimum atomic E-state index is -0.0762. The van der Waals surface area contributed by atoms with Gasteiger partial charge in [-0.05, 0) is 59.8 Å². The molecule has 0 radical (unpaired) electrons. The fourth-order valence-electron chi connectivity index (χ4n) is 2.58. The van der Waals surface area contributed by atoms with E-state index in [4.69, 9.17) is 0 Å². The number of pyridine rings is 1. The van der Waals surface area contributed by atoms with Crippen LogP contribution >= 0.6 is 11.8 Å². The van der Waals surface area contributed by atoms with Crippen molar-refractivity contribution in [2.45, 2.75) is 0 Å². The number of aliphatic imine (C=N–C) groups is 1. The Balaban J connectivity index is 1.77. The molecule has 1 aliphatic rings. The molecule has 1 amide bonds. The third kappa shape index (κ3) is 3.43. The molecule has 2 aromatic carbocycles. The van der Waals surface area contributed by atoms with E-state index in [9.17, 15) is 4.79 Å². The van der Waals surface area contributed by atoms with Gasteiger partial charge in [0.25, 0.3) is 5.91 Å². The molecule has 0 atom stereocenters. The predicted molar refractivity (Wildman–Crippen MR) is 107 cm³/mol. The van der Waals surface area contributed by atoms with Gasteiger partial charge in [-0.2, -0.15) is 0 Å². The lowest BCUT2D eigenvalue weighted by molar-refractivity contribution is -0.113. The molecule has 1 aliphatic heterocycles. The van der Waals surface area contributed by atoms with Crippen LogP contribution in [0.2, 0.25) is 0 Å². The van der Waals surface area contributed by atoms with Gasteiger partial charge in [-0.25, -0.2) is 4.99 Å². The van der Waals surface area contributed by atoms with E-state index in [1.165, 1.54) is 11.8 Å². The zero-order valence-electron chi connectivity index (χ0n) is 13.8. The summed E-state index contributed by atoms with van der Waals surface area (Å²) in [6.07, 6.45) is 5.30. The van der Waals surface area contributed by atoms with Crippen LogP contribution in [-0.2, 0) is 4.79 Å². The molecule has 1 saturated heterocycles. The number of hydrogen-bond acceptors (Lipinski definition) is 4. The molecule has 1 aromatic heterocycles. The number of benzene rings is 2. The fraction of sp³-hybridized carbons (Fsp3) is 0. The summed E-state index contributed by atoms with van der Waals surface area (Å²) in [6.45, 7) is 0. The molecule has 0 unspecified atom stereocenters. The minimum absolute atomic E-state index is 0.0762. The lowest BCUT2D eigenvalue weighted by Gasteiger charge is -2.15. The Kier molecular flexibility index (Phi) is 4.62. The first kappa shape index (κ1) is 16.3. The fourth-order valence-corrected chi connectivity index (χ4v) is 3.58. The van der Waals surface area contributed by atoms with Crippen molar-refractivity contribution in [3.8, 4) is 0 Å². The Hall–Kier alpha value is -3.18. The monoisotopic (exact) mass is 357 g/mol. The molecule has 26 heavy (non-hydrogen) atoms. The van der Waals surface area contributed by atoms with Gasteiger partial charge in [-0.3, -0.25) is 14.7 Å². The Labute approximate surface area is 155 Å². The summed E-state index contributed by atoms with van der Waals surface area (Å²) in [6, 6.07) is 23.0. The van der Waals surface area contributed by atoms with Gasteiger partial charge in [-0.1, -0.05) is 36.4 Å². The lowest BCUT2D eigenvalue weighted by atomic mass is 10.2. The minimum Gasteiger partial charge on any atom is -0.268 e. The Morgan fingerprint density at radius 1 is 0.885 bits per heavy atom. The number of anilines is 1. The van der Waals surface area contributed by atoms with Gasteiger partial charge >= 0.3 is 0 Å². The first-order valence-corrected chi connectivity index (χ1v) is 8.96. The SMILES string of the molecule is O=C1/C(=C\c2ccncc2)SC(=Nc2ccccc2)N1c1ccccc1. The summed E-state index contributed by atoms with van der Waals surface area (Å²) in [5, 5.41) is 0.646. The van der Waals surface area contributed by atoms with E-state index in [1.807, 2.05) is 78.9 Å². The molecular weight excluding hydrogens is 342 g/mol. The van der Waals surface area contributed by atoms with Gasteiger partial charge in [-0.15, -0.1) is 0 Å². The van der Waals surface area contributed by atoms with E-state index in [2.05, 4.69) is 9.98 Å². The number of rotatable bonds is 3. The highest BCUT2D eigenvalue weighted by atomic mass is 32.2. The standard InChI is InChI=1S/C21H15N3OS/c25-20-19(15-16-11-13-22-14-12-16)26-21(23-17-7-3-1-4-8-17)24(20)18-9-5-2-6-10-18/h1-15H/b19-15+,23-21?. The molecule has 0 spiro atoms. The number of thioether (sulfide) groups is 1. The third-order valence-corrected chi connectivity index (χ3v) is 4.77. The molecule has 2 heterocycles. The van der Waals surface area contributed by atoms with Crippen molar-refractivity contribution < 1.29 is 4.79 Å². The predicted octanol–water partition coefficient (Wildman–Crippen LogP) is 4.89. The quantitative estimate of drug-likeness (QED) is 0.627. The molecule has 0 bridgehead atoms. The summed E-state index contributed by atoms with van der Waals surface area (Å²) < 4.78 is 0. The van der Waals surface area contributed by atoms with E-state index in [-0.39, 0.29) is 5.91 Å². The second-order valence-electron chi connectivity index (χ2n) is 5.60.